The summed E-state index contributed by atoms with van der Waals surface area (Å²) in [6.07, 6.45) is 2.17. The van der Waals surface area contributed by atoms with Gasteiger partial charge in [0.25, 0.3) is 0 Å². The normalized spacial score (nSPS) is 18.5. The molecule has 1 unspecified atom stereocenters. The number of likely N-dealkylation sites (tertiary alicyclic amines) is 1. The summed E-state index contributed by atoms with van der Waals surface area (Å²) in [7, 11) is 0. The predicted molar refractivity (Wildman–Crippen MR) is 101 cm³/mol. The van der Waals surface area contributed by atoms with Crippen LogP contribution in [0.3, 0.4) is 0 Å². The number of nitrogens with zero attached hydrogens (tertiary/aromatic N) is 3. The largest absolute Gasteiger partial charge is 0.348 e. The molecular formula is C18H19ClN4OS. The summed E-state index contributed by atoms with van der Waals surface area (Å²) in [6.45, 7) is 2.97. The van der Waals surface area contributed by atoms with Gasteiger partial charge in [-0.2, -0.15) is 16.0 Å². The summed E-state index contributed by atoms with van der Waals surface area (Å²) in [5, 5.41) is 9.50. The van der Waals surface area contributed by atoms with Crippen molar-refractivity contribution < 1.29 is 0 Å². The van der Waals surface area contributed by atoms with Crippen LogP contribution in [-0.2, 0) is 6.54 Å². The molecule has 3 aromatic rings. The van der Waals surface area contributed by atoms with Crippen LogP contribution in [0, 0.1) is 0 Å². The summed E-state index contributed by atoms with van der Waals surface area (Å²) < 4.78 is 1.42. The highest BCUT2D eigenvalue weighted by molar-refractivity contribution is 7.07. The summed E-state index contributed by atoms with van der Waals surface area (Å²) >= 11 is 7.65. The van der Waals surface area contributed by atoms with Crippen molar-refractivity contribution in [2.24, 2.45) is 0 Å². The summed E-state index contributed by atoms with van der Waals surface area (Å²) in [5.41, 5.74) is 1.88. The van der Waals surface area contributed by atoms with Gasteiger partial charge in [-0.05, 0) is 66.0 Å². The van der Waals surface area contributed by atoms with Crippen LogP contribution in [0.1, 0.15) is 30.1 Å². The number of hydrogen-bond acceptors (Lipinski definition) is 4. The van der Waals surface area contributed by atoms with Gasteiger partial charge in [0.05, 0.1) is 5.69 Å². The number of hydrogen-bond donors (Lipinski definition) is 1. The van der Waals surface area contributed by atoms with E-state index in [1.54, 1.807) is 35.6 Å². The fraction of sp³-hybridized carbons (Fsp3) is 0.333. The van der Waals surface area contributed by atoms with Crippen LogP contribution in [0.15, 0.2) is 45.9 Å². The molecule has 1 fully saturated rings. The van der Waals surface area contributed by atoms with Crippen molar-refractivity contribution in [1.29, 1.82) is 0 Å². The van der Waals surface area contributed by atoms with Crippen LogP contribution >= 0.6 is 22.9 Å². The average Bonchev–Trinajstić information content (AvgIpc) is 3.26. The topological polar surface area (TPSA) is 53.9 Å². The first kappa shape index (κ1) is 16.6. The lowest BCUT2D eigenvalue weighted by molar-refractivity contribution is 0.197. The van der Waals surface area contributed by atoms with Gasteiger partial charge in [-0.1, -0.05) is 11.6 Å². The first-order valence-electron chi connectivity index (χ1n) is 8.37. The molecule has 5 nitrogen and oxygen atoms in total. The number of nitrogens with one attached hydrogen (secondary N) is 1. The molecule has 3 heterocycles. The van der Waals surface area contributed by atoms with E-state index in [0.29, 0.717) is 5.02 Å². The highest BCUT2D eigenvalue weighted by atomic mass is 35.5. The maximum absolute atomic E-state index is 12.3. The third kappa shape index (κ3) is 3.71. The van der Waals surface area contributed by atoms with Crippen LogP contribution in [0.4, 0.5) is 0 Å². The Labute approximate surface area is 154 Å². The van der Waals surface area contributed by atoms with Crippen LogP contribution in [0.25, 0.3) is 5.69 Å². The molecule has 1 atom stereocenters. The molecule has 4 rings (SSSR count). The molecule has 1 aliphatic rings. The molecule has 1 aromatic carbocycles. The van der Waals surface area contributed by atoms with Crippen molar-refractivity contribution in [3.8, 4) is 5.69 Å². The monoisotopic (exact) mass is 374 g/mol. The number of thiophene rings is 1. The van der Waals surface area contributed by atoms with Crippen molar-refractivity contribution in [3.63, 3.8) is 0 Å². The van der Waals surface area contributed by atoms with Crippen LogP contribution < -0.4 is 5.69 Å². The second-order valence-corrected chi connectivity index (χ2v) is 7.63. The number of piperidine rings is 1. The number of halogens is 1. The second kappa shape index (κ2) is 7.15. The zero-order valence-electron chi connectivity index (χ0n) is 13.7. The Morgan fingerprint density at radius 3 is 2.88 bits per heavy atom. The molecule has 0 bridgehead atoms. The molecule has 0 radical (unpaired) electrons. The second-order valence-electron chi connectivity index (χ2n) is 6.41. The first-order valence-corrected chi connectivity index (χ1v) is 9.70. The molecule has 1 aliphatic heterocycles. The van der Waals surface area contributed by atoms with Gasteiger partial charge in [0.15, 0.2) is 0 Å². The lowest BCUT2D eigenvalue weighted by Gasteiger charge is -2.31. The zero-order chi connectivity index (χ0) is 17.2. The van der Waals surface area contributed by atoms with Crippen molar-refractivity contribution in [3.05, 3.63) is 68.0 Å². The van der Waals surface area contributed by atoms with E-state index in [1.807, 2.05) is 0 Å². The van der Waals surface area contributed by atoms with Gasteiger partial charge < -0.3 is 0 Å². The van der Waals surface area contributed by atoms with Crippen LogP contribution in [0.5, 0.6) is 0 Å². The van der Waals surface area contributed by atoms with E-state index in [-0.39, 0.29) is 11.6 Å². The molecular weight excluding hydrogens is 356 g/mol. The minimum absolute atomic E-state index is 0.202. The minimum atomic E-state index is -0.202. The highest BCUT2D eigenvalue weighted by Gasteiger charge is 2.25. The molecule has 1 saturated heterocycles. The maximum Gasteiger partial charge on any atom is 0.348 e. The number of H-pyrrole nitrogens is 1. The number of aromatic nitrogens is 3. The molecule has 25 heavy (non-hydrogen) atoms. The Morgan fingerprint density at radius 1 is 1.28 bits per heavy atom. The molecule has 130 valence electrons. The van der Waals surface area contributed by atoms with Crippen molar-refractivity contribution in [2.45, 2.75) is 25.3 Å². The minimum Gasteiger partial charge on any atom is -0.298 e. The van der Waals surface area contributed by atoms with Gasteiger partial charge in [0.2, 0.25) is 0 Å². The first-order chi connectivity index (χ1) is 12.2. The van der Waals surface area contributed by atoms with Gasteiger partial charge >= 0.3 is 5.69 Å². The van der Waals surface area contributed by atoms with Crippen molar-refractivity contribution in [1.82, 2.24) is 19.7 Å². The maximum atomic E-state index is 12.3. The fourth-order valence-corrected chi connectivity index (χ4v) is 4.13. The van der Waals surface area contributed by atoms with Gasteiger partial charge in [0, 0.05) is 24.0 Å². The molecule has 0 aliphatic carbocycles. The lowest BCUT2D eigenvalue weighted by Crippen LogP contribution is -2.34. The Morgan fingerprint density at radius 2 is 2.12 bits per heavy atom. The molecule has 2 aromatic heterocycles. The van der Waals surface area contributed by atoms with E-state index < -0.39 is 0 Å². The smallest absolute Gasteiger partial charge is 0.298 e. The van der Waals surface area contributed by atoms with E-state index >= 15 is 0 Å². The van der Waals surface area contributed by atoms with Gasteiger partial charge in [-0.15, -0.1) is 5.10 Å². The standard InChI is InChI=1S/C18H19ClN4OS/c19-15-3-5-16(6-4-15)23-18(24)20-17(21-23)14-2-1-8-22(11-14)10-13-7-9-25-12-13/h3-7,9,12,14H,1-2,8,10-11H2,(H,20,21,24). The number of benzene rings is 1. The molecule has 0 saturated carbocycles. The van der Waals surface area contributed by atoms with Crippen LogP contribution in [-0.4, -0.2) is 32.8 Å². The molecule has 1 N–H and O–H groups in total. The van der Waals surface area contributed by atoms with E-state index in [4.69, 9.17) is 11.6 Å². The molecule has 0 amide bonds. The van der Waals surface area contributed by atoms with E-state index in [0.717, 1.165) is 44.0 Å². The summed E-state index contributed by atoms with van der Waals surface area (Å²) in [4.78, 5) is 17.7. The Bertz CT molecular complexity index is 885. The SMILES string of the molecule is O=c1[nH]c(C2CCCN(Cc3ccsc3)C2)nn1-c1ccc(Cl)cc1. The average molecular weight is 375 g/mol. The van der Waals surface area contributed by atoms with Crippen molar-refractivity contribution in [2.75, 3.05) is 13.1 Å². The highest BCUT2D eigenvalue weighted by Crippen LogP contribution is 2.25. The molecule has 0 spiro atoms. The fourth-order valence-electron chi connectivity index (χ4n) is 3.34. The van der Waals surface area contributed by atoms with E-state index in [1.165, 1.54) is 10.2 Å². The van der Waals surface area contributed by atoms with Gasteiger partial charge in [-0.3, -0.25) is 9.88 Å². The molecule has 7 heteroatoms. The Hall–Kier alpha value is -1.89. The van der Waals surface area contributed by atoms with E-state index in [9.17, 15) is 4.79 Å². The number of aromatic amines is 1. The summed E-state index contributed by atoms with van der Waals surface area (Å²) in [5.74, 6) is 1.03. The Kier molecular flexibility index (Phi) is 4.74. The van der Waals surface area contributed by atoms with Gasteiger partial charge in [-0.25, -0.2) is 4.79 Å². The van der Waals surface area contributed by atoms with Crippen molar-refractivity contribution >= 4 is 22.9 Å². The quantitative estimate of drug-likeness (QED) is 0.758. The lowest BCUT2D eigenvalue weighted by atomic mass is 9.97. The Balaban J connectivity index is 1.52. The third-order valence-electron chi connectivity index (χ3n) is 4.58. The predicted octanol–water partition coefficient (Wildman–Crippen LogP) is 3.66. The van der Waals surface area contributed by atoms with Crippen LogP contribution in [0.2, 0.25) is 5.02 Å². The number of rotatable bonds is 4. The van der Waals surface area contributed by atoms with Gasteiger partial charge in [0.1, 0.15) is 5.82 Å². The zero-order valence-corrected chi connectivity index (χ0v) is 15.3. The third-order valence-corrected chi connectivity index (χ3v) is 5.57. The summed E-state index contributed by atoms with van der Waals surface area (Å²) in [6, 6.07) is 9.31. The van der Waals surface area contributed by atoms with E-state index in [2.05, 4.69) is 31.8 Å².